The highest BCUT2D eigenvalue weighted by atomic mass is 79.9. The number of alkyl halides is 1. The Kier molecular flexibility index (Phi) is 5.17. The first kappa shape index (κ1) is 14.2. The van der Waals surface area contributed by atoms with Gasteiger partial charge >= 0.3 is 5.97 Å². The van der Waals surface area contributed by atoms with Crippen molar-refractivity contribution in [3.63, 3.8) is 0 Å². The van der Waals surface area contributed by atoms with Gasteiger partial charge in [0.15, 0.2) is 0 Å². The van der Waals surface area contributed by atoms with Crippen LogP contribution < -0.4 is 5.32 Å². The molecule has 0 spiro atoms. The number of rotatable bonds is 5. The largest absolute Gasteiger partial charge is 0.478 e. The molecule has 4 nitrogen and oxygen atoms in total. The van der Waals surface area contributed by atoms with Crippen molar-refractivity contribution >= 4 is 39.2 Å². The molecule has 0 aliphatic rings. The van der Waals surface area contributed by atoms with Crippen LogP contribution in [0.15, 0.2) is 16.6 Å². The highest BCUT2D eigenvalue weighted by Crippen LogP contribution is 2.27. The Balaban J connectivity index is 2.90. The summed E-state index contributed by atoms with van der Waals surface area (Å²) < 4.78 is 13.8. The van der Waals surface area contributed by atoms with E-state index in [9.17, 15) is 14.3 Å². The van der Waals surface area contributed by atoms with Crippen LogP contribution in [0.3, 0.4) is 0 Å². The molecule has 0 aromatic heterocycles. The fourth-order valence-electron chi connectivity index (χ4n) is 1.14. The van der Waals surface area contributed by atoms with Crippen LogP contribution in [-0.4, -0.2) is 34.7 Å². The Morgan fingerprint density at radius 2 is 2.24 bits per heavy atom. The van der Waals surface area contributed by atoms with Crippen molar-refractivity contribution in [3.05, 3.63) is 28.0 Å². The van der Waals surface area contributed by atoms with Gasteiger partial charge in [-0.2, -0.15) is 0 Å². The third-order valence-corrected chi connectivity index (χ3v) is 2.96. The second-order valence-electron chi connectivity index (χ2n) is 3.31. The average Bonchev–Trinajstić information content (AvgIpc) is 2.27. The Morgan fingerprint density at radius 3 is 2.71 bits per heavy atom. The van der Waals surface area contributed by atoms with E-state index in [2.05, 4.69) is 21.2 Å². The molecule has 1 aromatic rings. The molecule has 0 bridgehead atoms. The maximum atomic E-state index is 13.6. The number of aliphatic hydroxyl groups is 1. The summed E-state index contributed by atoms with van der Waals surface area (Å²) in [7, 11) is 0. The summed E-state index contributed by atoms with van der Waals surface area (Å²) >= 11 is 8.45. The lowest BCUT2D eigenvalue weighted by atomic mass is 10.2. The number of carboxylic acid groups (broad SMARTS) is 1. The van der Waals surface area contributed by atoms with Crippen LogP contribution in [0.2, 0.25) is 0 Å². The summed E-state index contributed by atoms with van der Waals surface area (Å²) in [5.41, 5.74) is -0.0583. The van der Waals surface area contributed by atoms with Crippen LogP contribution >= 0.6 is 27.5 Å². The number of carbonyl (C=O) groups is 1. The summed E-state index contributed by atoms with van der Waals surface area (Å²) in [5, 5.41) is 20.6. The van der Waals surface area contributed by atoms with Gasteiger partial charge < -0.3 is 15.5 Å². The van der Waals surface area contributed by atoms with E-state index in [1.807, 2.05) is 0 Å². The topological polar surface area (TPSA) is 69.6 Å². The highest BCUT2D eigenvalue weighted by Gasteiger charge is 2.13. The van der Waals surface area contributed by atoms with Crippen molar-refractivity contribution in [2.75, 3.05) is 17.7 Å². The molecular formula is C10H10BrClFNO3. The summed E-state index contributed by atoms with van der Waals surface area (Å²) in [4.78, 5) is 10.7. The number of hydrogen-bond acceptors (Lipinski definition) is 3. The number of carboxylic acids is 1. The van der Waals surface area contributed by atoms with E-state index in [-0.39, 0.29) is 28.1 Å². The summed E-state index contributed by atoms with van der Waals surface area (Å²) in [6.45, 7) is 0.0748. The number of anilines is 1. The number of hydrogen-bond donors (Lipinski definition) is 3. The van der Waals surface area contributed by atoms with Gasteiger partial charge in [0, 0.05) is 11.0 Å². The third kappa shape index (κ3) is 3.83. The van der Waals surface area contributed by atoms with E-state index < -0.39 is 17.9 Å². The molecule has 0 radical (unpaired) electrons. The minimum absolute atomic E-state index is 0.0272. The minimum atomic E-state index is -1.21. The molecule has 7 heteroatoms. The van der Waals surface area contributed by atoms with Crippen LogP contribution in [0.4, 0.5) is 10.1 Å². The van der Waals surface area contributed by atoms with E-state index in [4.69, 9.17) is 16.7 Å². The molecule has 0 saturated carbocycles. The van der Waals surface area contributed by atoms with Crippen LogP contribution in [0.1, 0.15) is 10.4 Å². The molecule has 17 heavy (non-hydrogen) atoms. The molecule has 0 saturated heterocycles. The molecule has 94 valence electrons. The van der Waals surface area contributed by atoms with Gasteiger partial charge in [-0.3, -0.25) is 0 Å². The van der Waals surface area contributed by atoms with Crippen LogP contribution in [0.5, 0.6) is 0 Å². The van der Waals surface area contributed by atoms with E-state index in [0.717, 1.165) is 6.07 Å². The maximum Gasteiger partial charge on any atom is 0.335 e. The first-order valence-corrected chi connectivity index (χ1v) is 5.98. The standard InChI is InChI=1S/C10H10BrClFNO3/c11-7-1-5(10(16)17)2-8(13)9(7)14-4-6(15)3-12/h1-2,6,14-15H,3-4H2,(H,16,17). The van der Waals surface area contributed by atoms with Gasteiger partial charge in [-0.15, -0.1) is 11.6 Å². The Hall–Kier alpha value is -0.850. The third-order valence-electron chi connectivity index (χ3n) is 1.98. The lowest BCUT2D eigenvalue weighted by Gasteiger charge is -2.13. The minimum Gasteiger partial charge on any atom is -0.478 e. The Labute approximate surface area is 111 Å². The first-order valence-electron chi connectivity index (χ1n) is 4.66. The van der Waals surface area contributed by atoms with Crippen LogP contribution in [0, 0.1) is 5.82 Å². The van der Waals surface area contributed by atoms with Crippen molar-refractivity contribution in [2.45, 2.75) is 6.10 Å². The van der Waals surface area contributed by atoms with Gasteiger partial charge in [-0.05, 0) is 28.1 Å². The first-order chi connectivity index (χ1) is 7.95. The smallest absolute Gasteiger partial charge is 0.335 e. The molecule has 1 unspecified atom stereocenters. The van der Waals surface area contributed by atoms with Crippen molar-refractivity contribution in [2.24, 2.45) is 0 Å². The van der Waals surface area contributed by atoms with E-state index in [0.29, 0.717) is 0 Å². The van der Waals surface area contributed by atoms with Gasteiger partial charge in [0.25, 0.3) is 0 Å². The molecule has 0 fully saturated rings. The van der Waals surface area contributed by atoms with Gasteiger partial charge in [-0.25, -0.2) is 9.18 Å². The second-order valence-corrected chi connectivity index (χ2v) is 4.47. The van der Waals surface area contributed by atoms with Crippen LogP contribution in [0.25, 0.3) is 0 Å². The van der Waals surface area contributed by atoms with Crippen molar-refractivity contribution in [3.8, 4) is 0 Å². The molecule has 3 N–H and O–H groups in total. The van der Waals surface area contributed by atoms with Gasteiger partial charge in [0.05, 0.1) is 23.2 Å². The molecule has 1 rings (SSSR count). The molecule has 1 aromatic carbocycles. The maximum absolute atomic E-state index is 13.6. The molecule has 0 heterocycles. The van der Waals surface area contributed by atoms with E-state index >= 15 is 0 Å². The summed E-state index contributed by atoms with van der Waals surface area (Å²) in [6.07, 6.45) is -0.804. The monoisotopic (exact) mass is 325 g/mol. The lowest BCUT2D eigenvalue weighted by molar-refractivity contribution is 0.0696. The Bertz CT molecular complexity index is 407. The van der Waals surface area contributed by atoms with E-state index in [1.165, 1.54) is 6.07 Å². The number of nitrogens with one attached hydrogen (secondary N) is 1. The Morgan fingerprint density at radius 1 is 1.59 bits per heavy atom. The zero-order valence-corrected chi connectivity index (χ0v) is 10.9. The number of benzene rings is 1. The zero-order chi connectivity index (χ0) is 13.0. The number of halogens is 3. The predicted octanol–water partition coefficient (Wildman–Crippen LogP) is 2.30. The molecule has 1 atom stereocenters. The van der Waals surface area contributed by atoms with Crippen molar-refractivity contribution < 1.29 is 19.4 Å². The summed E-state index contributed by atoms with van der Waals surface area (Å²) in [6, 6.07) is 2.18. The van der Waals surface area contributed by atoms with Crippen molar-refractivity contribution in [1.29, 1.82) is 0 Å². The quantitative estimate of drug-likeness (QED) is 0.726. The molecule has 0 amide bonds. The van der Waals surface area contributed by atoms with Gasteiger partial charge in [0.2, 0.25) is 0 Å². The molecular weight excluding hydrogens is 316 g/mol. The van der Waals surface area contributed by atoms with E-state index in [1.54, 1.807) is 0 Å². The van der Waals surface area contributed by atoms with Gasteiger partial charge in [-0.1, -0.05) is 0 Å². The summed E-state index contributed by atoms with van der Waals surface area (Å²) in [5.74, 6) is -1.89. The number of aromatic carboxylic acids is 1. The SMILES string of the molecule is O=C(O)c1cc(F)c(NCC(O)CCl)c(Br)c1. The molecule has 0 aliphatic heterocycles. The number of aliphatic hydroxyl groups excluding tert-OH is 1. The average molecular weight is 327 g/mol. The van der Waals surface area contributed by atoms with Gasteiger partial charge in [0.1, 0.15) is 5.82 Å². The lowest BCUT2D eigenvalue weighted by Crippen LogP contribution is -2.21. The fraction of sp³-hybridized carbons (Fsp3) is 0.300. The van der Waals surface area contributed by atoms with Crippen molar-refractivity contribution in [1.82, 2.24) is 0 Å². The zero-order valence-electron chi connectivity index (χ0n) is 8.58. The predicted molar refractivity (Wildman–Crippen MR) is 66.3 cm³/mol. The normalized spacial score (nSPS) is 12.2. The molecule has 0 aliphatic carbocycles. The highest BCUT2D eigenvalue weighted by molar-refractivity contribution is 9.10. The fourth-order valence-corrected chi connectivity index (χ4v) is 1.83. The second kappa shape index (κ2) is 6.18. The van der Waals surface area contributed by atoms with Crippen LogP contribution in [-0.2, 0) is 0 Å².